The zero-order valence-electron chi connectivity index (χ0n) is 17.4. The van der Waals surface area contributed by atoms with Gasteiger partial charge in [0, 0.05) is 12.5 Å². The molecule has 28 heavy (non-hydrogen) atoms. The Balaban J connectivity index is 3.15. The first-order valence-corrected chi connectivity index (χ1v) is 10.1. The summed E-state index contributed by atoms with van der Waals surface area (Å²) in [5, 5.41) is 5.29. The van der Waals surface area contributed by atoms with Gasteiger partial charge in [-0.25, -0.2) is 4.79 Å². The molecule has 0 saturated carbocycles. The summed E-state index contributed by atoms with van der Waals surface area (Å²) in [6.07, 6.45) is 5.93. The van der Waals surface area contributed by atoms with Crippen LogP contribution in [0.15, 0.2) is 12.2 Å². The van der Waals surface area contributed by atoms with E-state index in [9.17, 15) is 19.2 Å². The van der Waals surface area contributed by atoms with E-state index in [1.807, 2.05) is 0 Å². The van der Waals surface area contributed by atoms with Crippen molar-refractivity contribution in [1.29, 1.82) is 0 Å². The lowest BCUT2D eigenvalue weighted by Gasteiger charge is -2.27. The van der Waals surface area contributed by atoms with Gasteiger partial charge in [0.1, 0.15) is 0 Å². The largest absolute Gasteiger partial charge is 0.450 e. The Hall–Kier alpha value is -2.18. The summed E-state index contributed by atoms with van der Waals surface area (Å²) in [6.45, 7) is 8.65. The van der Waals surface area contributed by atoms with E-state index in [4.69, 9.17) is 4.74 Å². The minimum atomic E-state index is -0.949. The molecule has 7 nitrogen and oxygen atoms in total. The molecule has 0 spiro atoms. The van der Waals surface area contributed by atoms with Crippen LogP contribution >= 0.6 is 0 Å². The molecule has 0 aromatic carbocycles. The van der Waals surface area contributed by atoms with Crippen molar-refractivity contribution < 1.29 is 23.9 Å². The number of allylic oxidation sites excluding steroid dienone is 2. The van der Waals surface area contributed by atoms with Crippen molar-refractivity contribution in [3.05, 3.63) is 12.2 Å². The third kappa shape index (κ3) is 8.67. The van der Waals surface area contributed by atoms with Crippen molar-refractivity contribution in [2.75, 3.05) is 13.2 Å². The molecule has 0 aromatic rings. The molecule has 0 aliphatic carbocycles. The number of carbonyl (C=O) groups excluding carboxylic acids is 4. The summed E-state index contributed by atoms with van der Waals surface area (Å²) >= 11 is 0. The molecular weight excluding hydrogens is 360 g/mol. The predicted molar refractivity (Wildman–Crippen MR) is 107 cm³/mol. The number of rotatable bonds is 6. The van der Waals surface area contributed by atoms with Crippen molar-refractivity contribution in [3.8, 4) is 0 Å². The number of nitrogens with one attached hydrogen (secondary N) is 2. The molecule has 2 N–H and O–H groups in total. The lowest BCUT2D eigenvalue weighted by atomic mass is 9.81. The number of ether oxygens (including phenoxy) is 1. The Morgan fingerprint density at radius 1 is 1.21 bits per heavy atom. The van der Waals surface area contributed by atoms with Gasteiger partial charge in [-0.2, -0.15) is 0 Å². The molecule has 1 heterocycles. The topological polar surface area (TPSA) is 102 Å². The van der Waals surface area contributed by atoms with Crippen LogP contribution in [0.3, 0.4) is 0 Å². The van der Waals surface area contributed by atoms with E-state index in [-0.39, 0.29) is 43.6 Å². The number of amides is 2. The number of carbonyl (C=O) groups is 4. The maximum absolute atomic E-state index is 13.1. The highest BCUT2D eigenvalue weighted by molar-refractivity contribution is 6.27. The van der Waals surface area contributed by atoms with E-state index in [1.54, 1.807) is 0 Å². The highest BCUT2D eigenvalue weighted by Gasteiger charge is 2.31. The van der Waals surface area contributed by atoms with E-state index in [0.29, 0.717) is 31.1 Å². The second-order valence-electron chi connectivity index (χ2n) is 8.10. The lowest BCUT2D eigenvalue weighted by molar-refractivity contribution is -0.135. The molecule has 0 aromatic heterocycles. The first-order valence-electron chi connectivity index (χ1n) is 10.1. The number of alkyl carbamates (subject to hydrolysis) is 1. The van der Waals surface area contributed by atoms with E-state index in [2.05, 4.69) is 50.5 Å². The van der Waals surface area contributed by atoms with Crippen LogP contribution in [-0.2, 0) is 19.1 Å². The van der Waals surface area contributed by atoms with Gasteiger partial charge in [0.05, 0.1) is 12.6 Å². The molecule has 1 aliphatic heterocycles. The molecule has 1 fully saturated rings. The van der Waals surface area contributed by atoms with Crippen molar-refractivity contribution in [2.24, 2.45) is 23.7 Å². The van der Waals surface area contributed by atoms with Crippen molar-refractivity contribution >= 4 is 24.1 Å². The fourth-order valence-corrected chi connectivity index (χ4v) is 3.28. The van der Waals surface area contributed by atoms with Gasteiger partial charge in [-0.1, -0.05) is 39.8 Å². The second-order valence-corrected chi connectivity index (χ2v) is 8.10. The van der Waals surface area contributed by atoms with Gasteiger partial charge in [0.2, 0.25) is 11.7 Å². The second kappa shape index (κ2) is 12.3. The molecule has 1 rings (SSSR count). The minimum absolute atomic E-state index is 0.0378. The number of ketones is 1. The maximum atomic E-state index is 13.1. The fraction of sp³-hybridized carbons (Fsp3) is 0.714. The summed E-state index contributed by atoms with van der Waals surface area (Å²) in [5.74, 6) is -0.639. The van der Waals surface area contributed by atoms with Gasteiger partial charge < -0.3 is 15.4 Å². The quantitative estimate of drug-likeness (QED) is 0.410. The summed E-state index contributed by atoms with van der Waals surface area (Å²) in [7, 11) is 0. The van der Waals surface area contributed by atoms with Crippen LogP contribution in [0, 0.1) is 23.7 Å². The van der Waals surface area contributed by atoms with Crippen LogP contribution in [0.5, 0.6) is 0 Å². The highest BCUT2D eigenvalue weighted by Crippen LogP contribution is 2.27. The smallest absolute Gasteiger partial charge is 0.407 e. The maximum Gasteiger partial charge on any atom is 0.407 e. The summed E-state index contributed by atoms with van der Waals surface area (Å²) in [6, 6.07) is -0.949. The van der Waals surface area contributed by atoms with E-state index in [0.717, 1.165) is 0 Å². The molecule has 158 valence electrons. The van der Waals surface area contributed by atoms with Gasteiger partial charge in [-0.3, -0.25) is 14.4 Å². The van der Waals surface area contributed by atoms with Crippen molar-refractivity contribution in [2.45, 2.75) is 59.4 Å². The number of hydrogen-bond acceptors (Lipinski definition) is 5. The number of hydrogen-bond donors (Lipinski definition) is 2. The molecular formula is C21H34N2O5. The van der Waals surface area contributed by atoms with E-state index in [1.165, 1.54) is 0 Å². The zero-order chi connectivity index (χ0) is 21.1. The Kier molecular flexibility index (Phi) is 10.5. The summed E-state index contributed by atoms with van der Waals surface area (Å²) < 4.78 is 5.16. The number of Topliss-reactive ketones (excluding diaryl/α,β-unsaturated/α-hetero) is 1. The highest BCUT2D eigenvalue weighted by atomic mass is 16.5. The molecule has 1 aliphatic rings. The molecule has 0 radical (unpaired) electrons. The molecule has 2 amide bonds. The molecule has 1 saturated heterocycles. The Bertz CT molecular complexity index is 571. The average molecular weight is 395 g/mol. The average Bonchev–Trinajstić information content (AvgIpc) is 2.64. The third-order valence-corrected chi connectivity index (χ3v) is 4.72. The summed E-state index contributed by atoms with van der Waals surface area (Å²) in [4.78, 5) is 47.7. The van der Waals surface area contributed by atoms with Gasteiger partial charge >= 0.3 is 6.09 Å². The normalized spacial score (nSPS) is 25.3. The van der Waals surface area contributed by atoms with Gasteiger partial charge in [0.15, 0.2) is 6.29 Å². The lowest BCUT2D eigenvalue weighted by Crippen LogP contribution is -2.47. The van der Waals surface area contributed by atoms with Crippen LogP contribution in [-0.4, -0.2) is 43.3 Å². The van der Waals surface area contributed by atoms with Crippen LogP contribution < -0.4 is 10.6 Å². The first-order chi connectivity index (χ1) is 13.2. The Labute approximate surface area is 167 Å². The monoisotopic (exact) mass is 394 g/mol. The van der Waals surface area contributed by atoms with Gasteiger partial charge in [0.25, 0.3) is 0 Å². The molecule has 0 unspecified atom stereocenters. The van der Waals surface area contributed by atoms with Crippen molar-refractivity contribution in [3.63, 3.8) is 0 Å². The summed E-state index contributed by atoms with van der Waals surface area (Å²) in [5.41, 5.74) is 0. The molecule has 7 heteroatoms. The van der Waals surface area contributed by atoms with E-state index < -0.39 is 17.9 Å². The molecule has 3 atom stereocenters. The van der Waals surface area contributed by atoms with Crippen LogP contribution in [0.2, 0.25) is 0 Å². The Morgan fingerprint density at radius 3 is 2.54 bits per heavy atom. The van der Waals surface area contributed by atoms with Gasteiger partial charge in [-0.05, 0) is 43.4 Å². The predicted octanol–water partition coefficient (Wildman–Crippen LogP) is 2.64. The van der Waals surface area contributed by atoms with Crippen LogP contribution in [0.4, 0.5) is 4.79 Å². The number of aldehydes is 1. The standard InChI is InChI=1S/C21H34N2O5/c1-14(2)7-8-16-6-5-11-28-21(27)22-10-9-18(19(25)13-24)23-20(26)17(16)12-15(3)4/h7-8,13-18H,5-6,9-12H2,1-4H3,(H,22,27)(H,23,26)/b8-7+/t16-,17-,18+/m1/s1. The van der Waals surface area contributed by atoms with Crippen LogP contribution in [0.1, 0.15) is 53.4 Å². The van der Waals surface area contributed by atoms with Crippen LogP contribution in [0.25, 0.3) is 0 Å². The van der Waals surface area contributed by atoms with Gasteiger partial charge in [-0.15, -0.1) is 0 Å². The third-order valence-electron chi connectivity index (χ3n) is 4.72. The number of cyclic esters (lactones) is 1. The minimum Gasteiger partial charge on any atom is -0.450 e. The van der Waals surface area contributed by atoms with Crippen molar-refractivity contribution in [1.82, 2.24) is 10.6 Å². The zero-order valence-corrected chi connectivity index (χ0v) is 17.4. The molecule has 0 bridgehead atoms. The fourth-order valence-electron chi connectivity index (χ4n) is 3.28. The first kappa shape index (κ1) is 23.9. The SMILES string of the molecule is CC(C)/C=C/[C@H]1CCCOC(=O)NCC[C@@H](C(=O)C=O)NC(=O)[C@@H]1CC(C)C. The van der Waals surface area contributed by atoms with E-state index >= 15 is 0 Å². The Morgan fingerprint density at radius 2 is 1.93 bits per heavy atom.